The number of aryl methyl sites for hydroxylation is 2. The number of fused-ring (bicyclic) bond motifs is 2. The maximum atomic E-state index is 13.3. The lowest BCUT2D eigenvalue weighted by atomic mass is 9.84. The first kappa shape index (κ1) is 18.4. The van der Waals surface area contributed by atoms with Crippen molar-refractivity contribution in [2.75, 3.05) is 19.6 Å². The second-order valence-corrected chi connectivity index (χ2v) is 8.69. The average Bonchev–Trinajstić information content (AvgIpc) is 3.40. The molecule has 1 atom stereocenters. The maximum absolute atomic E-state index is 13.3. The van der Waals surface area contributed by atoms with Gasteiger partial charge in [-0.05, 0) is 25.7 Å². The molecule has 1 unspecified atom stereocenters. The first-order valence-electron chi connectivity index (χ1n) is 10.7. The first-order valence-corrected chi connectivity index (χ1v) is 10.7. The highest BCUT2D eigenvalue weighted by Crippen LogP contribution is 2.43. The van der Waals surface area contributed by atoms with E-state index >= 15 is 0 Å². The predicted molar refractivity (Wildman–Crippen MR) is 106 cm³/mol. The molecule has 2 aromatic heterocycles. The second kappa shape index (κ2) is 7.00. The number of amides is 2. The van der Waals surface area contributed by atoms with Crippen LogP contribution in [0.15, 0.2) is 18.9 Å². The Kier molecular flexibility index (Phi) is 4.44. The molecule has 1 saturated carbocycles. The summed E-state index contributed by atoms with van der Waals surface area (Å²) in [7, 11) is 2.02. The zero-order valence-corrected chi connectivity index (χ0v) is 16.9. The number of likely N-dealkylation sites (tertiary alicyclic amines) is 1. The second-order valence-electron chi connectivity index (χ2n) is 8.69. The van der Waals surface area contributed by atoms with Crippen molar-refractivity contribution in [3.8, 4) is 0 Å². The quantitative estimate of drug-likeness (QED) is 0.846. The highest BCUT2D eigenvalue weighted by atomic mass is 16.2. The van der Waals surface area contributed by atoms with Crippen molar-refractivity contribution in [1.29, 1.82) is 0 Å². The molecular weight excluding hydrogens is 368 g/mol. The minimum Gasteiger partial charge on any atom is -0.348 e. The normalized spacial score (nSPS) is 24.0. The van der Waals surface area contributed by atoms with E-state index in [1.54, 1.807) is 12.5 Å². The van der Waals surface area contributed by atoms with Crippen molar-refractivity contribution in [1.82, 2.24) is 29.3 Å². The van der Waals surface area contributed by atoms with Crippen LogP contribution >= 0.6 is 0 Å². The summed E-state index contributed by atoms with van der Waals surface area (Å²) in [5.74, 6) is 0.580. The van der Waals surface area contributed by atoms with Gasteiger partial charge in [-0.3, -0.25) is 9.59 Å². The van der Waals surface area contributed by atoms with Crippen LogP contribution in [0.2, 0.25) is 0 Å². The zero-order valence-electron chi connectivity index (χ0n) is 16.9. The number of aromatic nitrogens is 4. The highest BCUT2D eigenvalue weighted by Gasteiger charge is 2.52. The molecular formula is C21H28N6O2. The summed E-state index contributed by atoms with van der Waals surface area (Å²) < 4.78 is 2.07. The Morgan fingerprint density at radius 1 is 1.31 bits per heavy atom. The van der Waals surface area contributed by atoms with Crippen LogP contribution in [0, 0.1) is 5.92 Å². The van der Waals surface area contributed by atoms with Gasteiger partial charge in [-0.1, -0.05) is 6.42 Å². The molecule has 0 radical (unpaired) electrons. The minimum atomic E-state index is -0.487. The molecule has 29 heavy (non-hydrogen) atoms. The summed E-state index contributed by atoms with van der Waals surface area (Å²) in [4.78, 5) is 42.1. The SMILES string of the molecule is Cn1cnc2c1CCN(C(=O)CCc1cnc[nH]1)C21CCN(C(=O)C2CCC2)C1. The highest BCUT2D eigenvalue weighted by molar-refractivity contribution is 5.81. The summed E-state index contributed by atoms with van der Waals surface area (Å²) >= 11 is 0. The van der Waals surface area contributed by atoms with E-state index in [1.807, 2.05) is 23.2 Å². The van der Waals surface area contributed by atoms with E-state index < -0.39 is 5.54 Å². The summed E-state index contributed by atoms with van der Waals surface area (Å²) in [6, 6.07) is 0. The number of aromatic amines is 1. The van der Waals surface area contributed by atoms with Gasteiger partial charge in [0.25, 0.3) is 0 Å². The van der Waals surface area contributed by atoms with Crippen molar-refractivity contribution < 1.29 is 9.59 Å². The van der Waals surface area contributed by atoms with Crippen molar-refractivity contribution >= 4 is 11.8 Å². The fourth-order valence-electron chi connectivity index (χ4n) is 5.17. The van der Waals surface area contributed by atoms with Crippen LogP contribution in [0.5, 0.6) is 0 Å². The van der Waals surface area contributed by atoms with E-state index in [2.05, 4.69) is 14.5 Å². The molecule has 3 aliphatic rings. The lowest BCUT2D eigenvalue weighted by Crippen LogP contribution is -2.56. The van der Waals surface area contributed by atoms with Gasteiger partial charge in [-0.25, -0.2) is 9.97 Å². The smallest absolute Gasteiger partial charge is 0.225 e. The van der Waals surface area contributed by atoms with E-state index in [4.69, 9.17) is 4.98 Å². The van der Waals surface area contributed by atoms with Gasteiger partial charge in [0.1, 0.15) is 5.54 Å². The Hall–Kier alpha value is -2.64. The topological polar surface area (TPSA) is 87.1 Å². The largest absolute Gasteiger partial charge is 0.348 e. The van der Waals surface area contributed by atoms with Crippen LogP contribution < -0.4 is 0 Å². The fraction of sp³-hybridized carbons (Fsp3) is 0.619. The first-order chi connectivity index (χ1) is 14.1. The number of hydrogen-bond donors (Lipinski definition) is 1. The van der Waals surface area contributed by atoms with Gasteiger partial charge in [0.05, 0.1) is 18.3 Å². The van der Waals surface area contributed by atoms with Gasteiger partial charge >= 0.3 is 0 Å². The molecule has 2 amide bonds. The molecule has 0 aromatic carbocycles. The number of carbonyl (C=O) groups is 2. The van der Waals surface area contributed by atoms with Gasteiger partial charge < -0.3 is 19.4 Å². The van der Waals surface area contributed by atoms with Crippen LogP contribution in [0.25, 0.3) is 0 Å². The van der Waals surface area contributed by atoms with Gasteiger partial charge in [0.15, 0.2) is 0 Å². The van der Waals surface area contributed by atoms with Crippen LogP contribution in [-0.4, -0.2) is 60.8 Å². The van der Waals surface area contributed by atoms with Crippen molar-refractivity contribution in [3.63, 3.8) is 0 Å². The molecule has 4 heterocycles. The lowest BCUT2D eigenvalue weighted by molar-refractivity contribution is -0.142. The molecule has 2 aliphatic heterocycles. The molecule has 154 valence electrons. The zero-order chi connectivity index (χ0) is 20.0. The molecule has 2 aromatic rings. The van der Waals surface area contributed by atoms with Gasteiger partial charge in [0.2, 0.25) is 11.8 Å². The number of nitrogens with one attached hydrogen (secondary N) is 1. The third-order valence-electron chi connectivity index (χ3n) is 7.07. The molecule has 1 N–H and O–H groups in total. The minimum absolute atomic E-state index is 0.133. The Morgan fingerprint density at radius 3 is 2.90 bits per heavy atom. The van der Waals surface area contributed by atoms with Gasteiger partial charge in [0, 0.05) is 63.0 Å². The summed E-state index contributed by atoms with van der Waals surface area (Å²) in [6.07, 6.45) is 11.1. The van der Waals surface area contributed by atoms with E-state index in [-0.39, 0.29) is 17.7 Å². The number of nitrogens with zero attached hydrogens (tertiary/aromatic N) is 5. The number of hydrogen-bond acceptors (Lipinski definition) is 4. The Labute approximate surface area is 170 Å². The standard InChI is InChI=1S/C21H28N6O2/c1-25-14-24-19-17(25)7-9-27(18(28)6-5-16-11-22-13-23-16)21(19)8-10-26(12-21)20(29)15-3-2-4-15/h11,13-15H,2-10,12H2,1H3,(H,22,23). The van der Waals surface area contributed by atoms with E-state index in [0.717, 1.165) is 43.5 Å². The maximum Gasteiger partial charge on any atom is 0.225 e. The number of carbonyl (C=O) groups excluding carboxylic acids is 2. The number of H-pyrrole nitrogens is 1. The molecule has 5 rings (SSSR count). The van der Waals surface area contributed by atoms with Gasteiger partial charge in [-0.2, -0.15) is 0 Å². The van der Waals surface area contributed by atoms with E-state index in [0.29, 0.717) is 32.5 Å². The summed E-state index contributed by atoms with van der Waals surface area (Å²) in [6.45, 7) is 1.96. The van der Waals surface area contributed by atoms with Crippen LogP contribution in [-0.2, 0) is 35.0 Å². The average molecular weight is 396 g/mol. The Bertz CT molecular complexity index is 916. The summed E-state index contributed by atoms with van der Waals surface area (Å²) in [5.41, 5.74) is 2.67. The van der Waals surface area contributed by atoms with Gasteiger partial charge in [-0.15, -0.1) is 0 Å². The number of rotatable bonds is 4. The fourth-order valence-corrected chi connectivity index (χ4v) is 5.17. The third kappa shape index (κ3) is 2.96. The molecule has 1 saturated heterocycles. The van der Waals surface area contributed by atoms with Crippen molar-refractivity contribution in [2.45, 2.75) is 50.5 Å². The summed E-state index contributed by atoms with van der Waals surface area (Å²) in [5, 5.41) is 0. The molecule has 8 heteroatoms. The van der Waals surface area contributed by atoms with E-state index in [1.165, 1.54) is 5.69 Å². The van der Waals surface area contributed by atoms with E-state index in [9.17, 15) is 9.59 Å². The monoisotopic (exact) mass is 396 g/mol. The molecule has 8 nitrogen and oxygen atoms in total. The van der Waals surface area contributed by atoms with Crippen molar-refractivity contribution in [3.05, 3.63) is 35.9 Å². The molecule has 1 spiro atoms. The predicted octanol–water partition coefficient (Wildman–Crippen LogP) is 1.39. The molecule has 0 bridgehead atoms. The Morgan fingerprint density at radius 2 is 2.17 bits per heavy atom. The molecule has 1 aliphatic carbocycles. The van der Waals surface area contributed by atoms with Crippen molar-refractivity contribution in [2.24, 2.45) is 13.0 Å². The van der Waals surface area contributed by atoms with Crippen LogP contribution in [0.3, 0.4) is 0 Å². The Balaban J connectivity index is 1.41. The molecule has 2 fully saturated rings. The van der Waals surface area contributed by atoms with Crippen LogP contribution in [0.1, 0.15) is 49.2 Å². The lowest BCUT2D eigenvalue weighted by Gasteiger charge is -2.44. The van der Waals surface area contributed by atoms with Crippen LogP contribution in [0.4, 0.5) is 0 Å². The third-order valence-corrected chi connectivity index (χ3v) is 7.07. The number of imidazole rings is 2.